The van der Waals surface area contributed by atoms with Gasteiger partial charge in [-0.2, -0.15) is 0 Å². The third-order valence-corrected chi connectivity index (χ3v) is 5.65. The normalized spacial score (nSPS) is 14.4. The smallest absolute Gasteiger partial charge is 0.237 e. The zero-order valence-corrected chi connectivity index (χ0v) is 16.9. The Morgan fingerprint density at radius 1 is 1.12 bits per heavy atom. The molecule has 1 aliphatic rings. The van der Waals surface area contributed by atoms with E-state index in [2.05, 4.69) is 83.0 Å². The summed E-state index contributed by atoms with van der Waals surface area (Å²) in [5.41, 5.74) is 5.82. The van der Waals surface area contributed by atoms with Crippen molar-refractivity contribution in [3.8, 4) is 11.1 Å². The molecule has 3 heteroatoms. The number of nitrogens with one attached hydrogen (secondary N) is 1. The third kappa shape index (κ3) is 3.98. The van der Waals surface area contributed by atoms with Crippen molar-refractivity contribution >= 4 is 28.5 Å². The molecule has 1 aliphatic carbocycles. The maximum absolute atomic E-state index is 12.6. The van der Waals surface area contributed by atoms with E-state index >= 15 is 0 Å². The summed E-state index contributed by atoms with van der Waals surface area (Å²) in [6, 6.07) is 17.0. The molecule has 0 saturated carbocycles. The van der Waals surface area contributed by atoms with E-state index in [1.807, 2.05) is 25.2 Å². The standard InChI is InChI=1S/C23H22INO/c1-3-4-5-10-16(2)25-23(26)22(24)15-21-19-13-8-6-11-17(19)18-12-7-9-14-20(18)21/h3-14,21-22H,2,15H2,1H3,(H,25,26)/b4-3-,10-5-/t22-/m0/s1. The molecular formula is C23H22INO. The van der Waals surface area contributed by atoms with Crippen LogP contribution in [0.15, 0.2) is 85.1 Å². The van der Waals surface area contributed by atoms with Crippen LogP contribution in [0.2, 0.25) is 0 Å². The predicted octanol–water partition coefficient (Wildman–Crippen LogP) is 5.75. The number of rotatable bonds is 6. The fraction of sp³-hybridized carbons (Fsp3) is 0.174. The Balaban J connectivity index is 1.74. The predicted molar refractivity (Wildman–Crippen MR) is 117 cm³/mol. The number of amides is 1. The van der Waals surface area contributed by atoms with E-state index in [1.54, 1.807) is 6.08 Å². The summed E-state index contributed by atoms with van der Waals surface area (Å²) in [5, 5.41) is 2.90. The molecule has 0 aliphatic heterocycles. The quantitative estimate of drug-likeness (QED) is 0.335. The maximum atomic E-state index is 12.6. The largest absolute Gasteiger partial charge is 0.326 e. The molecule has 3 rings (SSSR count). The lowest BCUT2D eigenvalue weighted by Crippen LogP contribution is -2.30. The first-order valence-corrected chi connectivity index (χ1v) is 9.97. The molecule has 26 heavy (non-hydrogen) atoms. The van der Waals surface area contributed by atoms with Crippen LogP contribution in [0.3, 0.4) is 0 Å². The molecule has 1 atom stereocenters. The zero-order valence-electron chi connectivity index (χ0n) is 14.8. The second-order valence-corrected chi connectivity index (χ2v) is 7.83. The van der Waals surface area contributed by atoms with E-state index in [-0.39, 0.29) is 15.7 Å². The lowest BCUT2D eigenvalue weighted by atomic mass is 9.92. The molecule has 0 radical (unpaired) electrons. The molecule has 0 saturated heterocycles. The van der Waals surface area contributed by atoms with Gasteiger partial charge in [0, 0.05) is 11.6 Å². The molecule has 0 spiro atoms. The van der Waals surface area contributed by atoms with Crippen LogP contribution in [0.25, 0.3) is 11.1 Å². The molecule has 0 unspecified atom stereocenters. The Bertz CT molecular complexity index is 836. The summed E-state index contributed by atoms with van der Waals surface area (Å²) in [6.07, 6.45) is 8.29. The Morgan fingerprint density at radius 2 is 1.69 bits per heavy atom. The Morgan fingerprint density at radius 3 is 2.27 bits per heavy atom. The van der Waals surface area contributed by atoms with Gasteiger partial charge in [0.05, 0.1) is 3.92 Å². The molecule has 1 amide bonds. The van der Waals surface area contributed by atoms with E-state index < -0.39 is 0 Å². The highest BCUT2D eigenvalue weighted by molar-refractivity contribution is 14.1. The van der Waals surface area contributed by atoms with Gasteiger partial charge in [-0.15, -0.1) is 0 Å². The van der Waals surface area contributed by atoms with Gasteiger partial charge in [-0.3, -0.25) is 4.79 Å². The highest BCUT2D eigenvalue weighted by Crippen LogP contribution is 2.47. The summed E-state index contributed by atoms with van der Waals surface area (Å²) in [6.45, 7) is 5.84. The fourth-order valence-electron chi connectivity index (χ4n) is 3.39. The summed E-state index contributed by atoms with van der Waals surface area (Å²) >= 11 is 2.24. The van der Waals surface area contributed by atoms with Gasteiger partial charge in [0.25, 0.3) is 0 Å². The van der Waals surface area contributed by atoms with Gasteiger partial charge in [-0.05, 0) is 41.7 Å². The molecule has 0 bridgehead atoms. The molecule has 2 nitrogen and oxygen atoms in total. The van der Waals surface area contributed by atoms with Gasteiger partial charge in [0.1, 0.15) is 0 Å². The first-order valence-electron chi connectivity index (χ1n) is 8.73. The van der Waals surface area contributed by atoms with Crippen LogP contribution >= 0.6 is 22.6 Å². The van der Waals surface area contributed by atoms with Crippen molar-refractivity contribution in [1.82, 2.24) is 5.32 Å². The van der Waals surface area contributed by atoms with Crippen LogP contribution in [0.1, 0.15) is 30.4 Å². The average Bonchev–Trinajstić information content (AvgIpc) is 2.96. The highest BCUT2D eigenvalue weighted by atomic mass is 127. The molecule has 132 valence electrons. The van der Waals surface area contributed by atoms with Crippen molar-refractivity contribution in [2.45, 2.75) is 23.2 Å². The van der Waals surface area contributed by atoms with Crippen molar-refractivity contribution in [2.24, 2.45) is 0 Å². The van der Waals surface area contributed by atoms with Crippen molar-refractivity contribution in [2.75, 3.05) is 0 Å². The number of hydrogen-bond acceptors (Lipinski definition) is 1. The Kier molecular flexibility index (Phi) is 6.09. The van der Waals surface area contributed by atoms with E-state index in [1.165, 1.54) is 22.3 Å². The third-order valence-electron chi connectivity index (χ3n) is 4.57. The topological polar surface area (TPSA) is 29.1 Å². The number of carbonyl (C=O) groups excluding carboxylic acids is 1. The number of fused-ring (bicyclic) bond motifs is 3. The van der Waals surface area contributed by atoms with Crippen LogP contribution in [0, 0.1) is 0 Å². The van der Waals surface area contributed by atoms with Crippen LogP contribution in [0.5, 0.6) is 0 Å². The summed E-state index contributed by atoms with van der Waals surface area (Å²) in [4.78, 5) is 12.6. The van der Waals surface area contributed by atoms with E-state index in [0.29, 0.717) is 5.70 Å². The average molecular weight is 455 g/mol. The number of halogens is 1. The molecular weight excluding hydrogens is 433 g/mol. The Hall–Kier alpha value is -2.14. The minimum atomic E-state index is -0.135. The van der Waals surface area contributed by atoms with Gasteiger partial charge in [-0.25, -0.2) is 0 Å². The van der Waals surface area contributed by atoms with Gasteiger partial charge < -0.3 is 5.32 Å². The van der Waals surface area contributed by atoms with Gasteiger partial charge in [0.2, 0.25) is 5.91 Å². The van der Waals surface area contributed by atoms with E-state index in [0.717, 1.165) is 6.42 Å². The number of hydrogen-bond donors (Lipinski definition) is 1. The summed E-state index contributed by atoms with van der Waals surface area (Å²) < 4.78 is -0.135. The van der Waals surface area contributed by atoms with Gasteiger partial charge in [-0.1, -0.05) is 95.9 Å². The summed E-state index contributed by atoms with van der Waals surface area (Å²) in [7, 11) is 0. The highest BCUT2D eigenvalue weighted by Gasteiger charge is 2.31. The van der Waals surface area contributed by atoms with Crippen LogP contribution in [-0.2, 0) is 4.79 Å². The first kappa shape index (κ1) is 18.6. The van der Waals surface area contributed by atoms with Crippen molar-refractivity contribution < 1.29 is 4.79 Å². The molecule has 0 heterocycles. The molecule has 1 N–H and O–H groups in total. The van der Waals surface area contributed by atoms with E-state index in [4.69, 9.17) is 0 Å². The Labute approximate surface area is 168 Å². The van der Waals surface area contributed by atoms with Crippen molar-refractivity contribution in [3.63, 3.8) is 0 Å². The number of alkyl halides is 1. The van der Waals surface area contributed by atoms with Crippen molar-refractivity contribution in [3.05, 3.63) is 96.2 Å². The zero-order chi connectivity index (χ0) is 18.5. The number of benzene rings is 2. The molecule has 2 aromatic carbocycles. The lowest BCUT2D eigenvalue weighted by molar-refractivity contribution is -0.119. The SMILES string of the molecule is C=C(/C=C\C=C/C)NC(=O)[C@@H](I)CC1c2ccccc2-c2ccccc21. The first-order chi connectivity index (χ1) is 12.6. The maximum Gasteiger partial charge on any atom is 0.237 e. The molecule has 2 aromatic rings. The summed E-state index contributed by atoms with van der Waals surface area (Å²) in [5.74, 6) is 0.254. The second-order valence-electron chi connectivity index (χ2n) is 6.33. The van der Waals surface area contributed by atoms with Gasteiger partial charge >= 0.3 is 0 Å². The minimum Gasteiger partial charge on any atom is -0.326 e. The number of carbonyl (C=O) groups is 1. The van der Waals surface area contributed by atoms with E-state index in [9.17, 15) is 4.79 Å². The van der Waals surface area contributed by atoms with Crippen LogP contribution in [-0.4, -0.2) is 9.83 Å². The molecule has 0 aromatic heterocycles. The number of allylic oxidation sites excluding steroid dienone is 4. The van der Waals surface area contributed by atoms with Crippen molar-refractivity contribution in [1.29, 1.82) is 0 Å². The monoisotopic (exact) mass is 455 g/mol. The minimum absolute atomic E-state index is 0.00240. The lowest BCUT2D eigenvalue weighted by Gasteiger charge is -2.18. The fourth-order valence-corrected chi connectivity index (χ4v) is 4.05. The van der Waals surface area contributed by atoms with Crippen LogP contribution < -0.4 is 5.32 Å². The van der Waals surface area contributed by atoms with Crippen LogP contribution in [0.4, 0.5) is 0 Å². The van der Waals surface area contributed by atoms with Gasteiger partial charge in [0.15, 0.2) is 0 Å². The second kappa shape index (κ2) is 8.49. The molecule has 0 fully saturated rings.